The molecular weight excluding hydrogens is 669 g/mol. The molecule has 0 aromatic heterocycles. The molecule has 0 aliphatic heterocycles. The third-order valence-corrected chi connectivity index (χ3v) is 24.3. The third kappa shape index (κ3) is 13.4. The first-order chi connectivity index (χ1) is 19.7. The van der Waals surface area contributed by atoms with Crippen LogP contribution >= 0.6 is 15.9 Å². The lowest BCUT2D eigenvalue weighted by Crippen LogP contribution is -2.45. The summed E-state index contributed by atoms with van der Waals surface area (Å²) in [6.45, 7) is 34.8. The summed E-state index contributed by atoms with van der Waals surface area (Å²) in [5.74, 6) is -0.845. The van der Waals surface area contributed by atoms with Crippen LogP contribution in [0.25, 0.3) is 0 Å². The average molecular weight is 734 g/mol. The fraction of sp³-hybridized carbons (Fsp3) is 0.794. The SMILES string of the molecule is CC(C)(C)[Si](C)(C)OCC[C@@H](C[C@H](OCC[C@H](CC(=O)O)O[Si](C)(C)C(C)(C)C)c1ccc(Br)cc1)O[Si](C)(C)C(C)(C)C. The zero-order valence-electron chi connectivity index (χ0n) is 30.7. The molecule has 0 fully saturated rings. The maximum absolute atomic E-state index is 11.8. The van der Waals surface area contributed by atoms with Crippen molar-refractivity contribution in [2.24, 2.45) is 0 Å². The minimum Gasteiger partial charge on any atom is -0.481 e. The van der Waals surface area contributed by atoms with Crippen molar-refractivity contribution in [2.75, 3.05) is 13.2 Å². The fourth-order valence-electron chi connectivity index (χ4n) is 4.03. The van der Waals surface area contributed by atoms with Gasteiger partial charge in [0.15, 0.2) is 25.0 Å². The van der Waals surface area contributed by atoms with Crippen LogP contribution in [0.5, 0.6) is 0 Å². The number of carboxylic acid groups (broad SMARTS) is 1. The molecule has 0 unspecified atom stereocenters. The highest BCUT2D eigenvalue weighted by Crippen LogP contribution is 2.41. The van der Waals surface area contributed by atoms with Gasteiger partial charge in [-0.05, 0) is 84.9 Å². The first-order valence-corrected chi connectivity index (χ1v) is 25.8. The van der Waals surface area contributed by atoms with Gasteiger partial charge in [-0.1, -0.05) is 90.4 Å². The number of ether oxygens (including phenoxy) is 1. The summed E-state index contributed by atoms with van der Waals surface area (Å²) in [5, 5.41) is 9.86. The van der Waals surface area contributed by atoms with Gasteiger partial charge in [0.2, 0.25) is 0 Å². The van der Waals surface area contributed by atoms with Crippen LogP contribution in [-0.4, -0.2) is 61.4 Å². The second kappa shape index (κ2) is 16.2. The van der Waals surface area contributed by atoms with Gasteiger partial charge in [0.1, 0.15) is 0 Å². The summed E-state index contributed by atoms with van der Waals surface area (Å²) in [4.78, 5) is 11.8. The van der Waals surface area contributed by atoms with Gasteiger partial charge >= 0.3 is 5.97 Å². The Kier molecular flexibility index (Phi) is 15.3. The molecule has 0 spiro atoms. The van der Waals surface area contributed by atoms with E-state index in [1.807, 2.05) is 12.1 Å². The molecule has 0 heterocycles. The molecular formula is C34H65BrO6Si3. The van der Waals surface area contributed by atoms with Crippen LogP contribution in [0.2, 0.25) is 54.4 Å². The Bertz CT molecular complexity index is 1020. The first kappa shape index (κ1) is 41.7. The highest BCUT2D eigenvalue weighted by atomic mass is 79.9. The number of halogens is 1. The summed E-state index contributed by atoms with van der Waals surface area (Å²) in [5.41, 5.74) is 1.09. The smallest absolute Gasteiger partial charge is 0.305 e. The number of carbonyl (C=O) groups is 1. The molecule has 1 aromatic carbocycles. The monoisotopic (exact) mass is 732 g/mol. The summed E-state index contributed by atoms with van der Waals surface area (Å²) < 4.78 is 27.9. The molecule has 1 rings (SSSR count). The summed E-state index contributed by atoms with van der Waals surface area (Å²) in [6, 6.07) is 8.30. The Labute approximate surface area is 281 Å². The van der Waals surface area contributed by atoms with Gasteiger partial charge in [0.25, 0.3) is 0 Å². The fourth-order valence-corrected chi connectivity index (χ4v) is 8.14. The van der Waals surface area contributed by atoms with Crippen LogP contribution < -0.4 is 0 Å². The standard InChI is InChI=1S/C34H65BrO6Si3/c1-32(2,3)42(10,11)39-23-21-28(40-43(12,13)33(4,5)6)24-30(26-16-18-27(35)19-17-26)38-22-20-29(25-31(36)37)41-44(14,15)34(7,8)9/h16-19,28-30H,20-25H2,1-15H3,(H,36,37)/t28-,29+,30-/m0/s1. The highest BCUT2D eigenvalue weighted by Gasteiger charge is 2.42. The largest absolute Gasteiger partial charge is 0.481 e. The molecule has 0 bridgehead atoms. The van der Waals surface area contributed by atoms with E-state index in [1.165, 1.54) is 0 Å². The van der Waals surface area contributed by atoms with Gasteiger partial charge in [-0.3, -0.25) is 4.79 Å². The van der Waals surface area contributed by atoms with Gasteiger partial charge in [-0.25, -0.2) is 0 Å². The van der Waals surface area contributed by atoms with Crippen molar-refractivity contribution in [3.8, 4) is 0 Å². The number of benzene rings is 1. The second-order valence-corrected chi connectivity index (χ2v) is 32.2. The molecule has 1 N–H and O–H groups in total. The van der Waals surface area contributed by atoms with Gasteiger partial charge in [-0.2, -0.15) is 0 Å². The van der Waals surface area contributed by atoms with Crippen molar-refractivity contribution >= 4 is 46.9 Å². The number of hydrogen-bond acceptors (Lipinski definition) is 5. The van der Waals surface area contributed by atoms with Crippen molar-refractivity contribution < 1.29 is 27.9 Å². The van der Waals surface area contributed by atoms with E-state index in [0.717, 1.165) is 16.5 Å². The number of carboxylic acids is 1. The molecule has 0 radical (unpaired) electrons. The van der Waals surface area contributed by atoms with Crippen molar-refractivity contribution in [3.63, 3.8) is 0 Å². The lowest BCUT2D eigenvalue weighted by Gasteiger charge is -2.41. The Balaban J connectivity index is 3.26. The second-order valence-electron chi connectivity index (χ2n) is 16.9. The maximum Gasteiger partial charge on any atom is 0.305 e. The number of hydrogen-bond donors (Lipinski definition) is 1. The quantitative estimate of drug-likeness (QED) is 0.161. The lowest BCUT2D eigenvalue weighted by atomic mass is 10.0. The summed E-state index contributed by atoms with van der Waals surface area (Å²) in [6.07, 6.45) is 1.36. The number of aliphatic carboxylic acids is 1. The zero-order valence-corrected chi connectivity index (χ0v) is 35.2. The Morgan fingerprint density at radius 3 is 1.59 bits per heavy atom. The predicted octanol–water partition coefficient (Wildman–Crippen LogP) is 11.0. The van der Waals surface area contributed by atoms with Crippen LogP contribution in [0.3, 0.4) is 0 Å². The molecule has 6 nitrogen and oxygen atoms in total. The topological polar surface area (TPSA) is 74.2 Å². The van der Waals surface area contributed by atoms with E-state index in [4.69, 9.17) is 18.0 Å². The molecule has 0 saturated carbocycles. The van der Waals surface area contributed by atoms with Gasteiger partial charge in [-0.15, -0.1) is 0 Å². The van der Waals surface area contributed by atoms with Crippen LogP contribution in [0.15, 0.2) is 28.7 Å². The lowest BCUT2D eigenvalue weighted by molar-refractivity contribution is -0.139. The minimum absolute atomic E-state index is 0.00857. The van der Waals surface area contributed by atoms with Crippen LogP contribution in [0, 0.1) is 0 Å². The highest BCUT2D eigenvalue weighted by molar-refractivity contribution is 9.10. The molecule has 256 valence electrons. The number of rotatable bonds is 17. The van der Waals surface area contributed by atoms with Gasteiger partial charge < -0.3 is 23.1 Å². The Morgan fingerprint density at radius 1 is 0.727 bits per heavy atom. The minimum atomic E-state index is -2.15. The Hall–Kier alpha value is -0.339. The first-order valence-electron chi connectivity index (χ1n) is 16.3. The summed E-state index contributed by atoms with van der Waals surface area (Å²) in [7, 11) is -6.12. The average Bonchev–Trinajstić information content (AvgIpc) is 2.80. The molecule has 3 atom stereocenters. The van der Waals surface area contributed by atoms with Gasteiger partial charge in [0.05, 0.1) is 18.6 Å². The molecule has 0 saturated heterocycles. The molecule has 1 aromatic rings. The Morgan fingerprint density at radius 2 is 1.16 bits per heavy atom. The molecule has 0 aliphatic rings. The van der Waals surface area contributed by atoms with E-state index in [0.29, 0.717) is 26.1 Å². The normalized spacial score (nSPS) is 16.1. The third-order valence-electron chi connectivity index (χ3n) is 10.1. The van der Waals surface area contributed by atoms with E-state index in [-0.39, 0.29) is 33.7 Å². The van der Waals surface area contributed by atoms with Crippen molar-refractivity contribution in [3.05, 3.63) is 34.3 Å². The molecule has 44 heavy (non-hydrogen) atoms. The van der Waals surface area contributed by atoms with E-state index in [9.17, 15) is 9.90 Å². The van der Waals surface area contributed by atoms with Crippen LogP contribution in [0.1, 0.15) is 99.7 Å². The molecule has 10 heteroatoms. The zero-order chi connectivity index (χ0) is 34.4. The maximum atomic E-state index is 11.8. The molecule has 0 amide bonds. The summed E-state index contributed by atoms with van der Waals surface area (Å²) >= 11 is 3.57. The predicted molar refractivity (Wildman–Crippen MR) is 196 cm³/mol. The van der Waals surface area contributed by atoms with Crippen LogP contribution in [0.4, 0.5) is 0 Å². The van der Waals surface area contributed by atoms with E-state index in [1.54, 1.807) is 0 Å². The van der Waals surface area contributed by atoms with E-state index >= 15 is 0 Å². The van der Waals surface area contributed by atoms with E-state index < -0.39 is 37.0 Å². The van der Waals surface area contributed by atoms with E-state index in [2.05, 4.69) is 130 Å². The van der Waals surface area contributed by atoms with Crippen molar-refractivity contribution in [2.45, 2.75) is 161 Å². The molecule has 0 aliphatic carbocycles. The van der Waals surface area contributed by atoms with Crippen molar-refractivity contribution in [1.82, 2.24) is 0 Å². The van der Waals surface area contributed by atoms with Crippen LogP contribution in [-0.2, 0) is 22.8 Å². The van der Waals surface area contributed by atoms with Gasteiger partial charge in [0, 0.05) is 30.2 Å². The van der Waals surface area contributed by atoms with Crippen molar-refractivity contribution in [1.29, 1.82) is 0 Å².